The molecule has 242 valence electrons. The van der Waals surface area contributed by atoms with Crippen LogP contribution in [0.3, 0.4) is 0 Å². The molecule has 13 heteroatoms. The van der Waals surface area contributed by atoms with Crippen molar-refractivity contribution in [1.82, 2.24) is 15.0 Å². The summed E-state index contributed by atoms with van der Waals surface area (Å²) in [7, 11) is 0. The van der Waals surface area contributed by atoms with Gasteiger partial charge in [0.25, 0.3) is 6.43 Å². The van der Waals surface area contributed by atoms with Crippen molar-refractivity contribution < 1.29 is 37.7 Å². The highest BCUT2D eigenvalue weighted by molar-refractivity contribution is 7.98. The third-order valence-electron chi connectivity index (χ3n) is 7.79. The van der Waals surface area contributed by atoms with Crippen molar-refractivity contribution in [3.05, 3.63) is 65.6 Å². The number of nitrogens with zero attached hydrogens (tertiary/aromatic N) is 3. The molecular formula is C32H38F2N4O6S. The molecule has 1 atom stereocenters. The van der Waals surface area contributed by atoms with E-state index >= 15 is 0 Å². The Bertz CT molecular complexity index is 1440. The molecule has 0 radical (unpaired) electrons. The molecule has 10 nitrogen and oxygen atoms in total. The first-order valence-electron chi connectivity index (χ1n) is 14.7. The third-order valence-corrected chi connectivity index (χ3v) is 8.48. The number of rotatable bonds is 13. The Morgan fingerprint density at radius 1 is 1.07 bits per heavy atom. The van der Waals surface area contributed by atoms with Gasteiger partial charge in [0, 0.05) is 23.5 Å². The van der Waals surface area contributed by atoms with Gasteiger partial charge in [0.05, 0.1) is 23.9 Å². The van der Waals surface area contributed by atoms with Crippen LogP contribution in [0, 0.1) is 18.8 Å². The zero-order valence-electron chi connectivity index (χ0n) is 25.5. The molecule has 3 heterocycles. The predicted octanol–water partition coefficient (Wildman–Crippen LogP) is 6.95. The Labute approximate surface area is 265 Å². The molecule has 1 fully saturated rings. The summed E-state index contributed by atoms with van der Waals surface area (Å²) in [5.41, 5.74) is 1.36. The van der Waals surface area contributed by atoms with Gasteiger partial charge >= 0.3 is 12.1 Å². The highest BCUT2D eigenvalue weighted by Crippen LogP contribution is 2.41. The maximum absolute atomic E-state index is 13.1. The monoisotopic (exact) mass is 644 g/mol. The fourth-order valence-electron chi connectivity index (χ4n) is 5.26. The second-order valence-electron chi connectivity index (χ2n) is 11.1. The Morgan fingerprint density at radius 2 is 1.84 bits per heavy atom. The molecule has 0 aromatic carbocycles. The van der Waals surface area contributed by atoms with E-state index in [0.29, 0.717) is 54.9 Å². The quantitative estimate of drug-likeness (QED) is 0.114. The molecule has 0 aliphatic heterocycles. The lowest BCUT2D eigenvalue weighted by molar-refractivity contribution is -0.160. The number of aryl methyl sites for hydroxylation is 1. The summed E-state index contributed by atoms with van der Waals surface area (Å²) >= 11 is 1.65. The number of anilines is 2. The number of aromatic nitrogens is 3. The van der Waals surface area contributed by atoms with Crippen LogP contribution in [-0.4, -0.2) is 57.6 Å². The summed E-state index contributed by atoms with van der Waals surface area (Å²) in [5, 5.41) is 14.5. The van der Waals surface area contributed by atoms with Gasteiger partial charge in [-0.15, -0.1) is 0 Å². The Morgan fingerprint density at radius 3 is 2.53 bits per heavy atom. The van der Waals surface area contributed by atoms with E-state index in [9.17, 15) is 23.5 Å². The van der Waals surface area contributed by atoms with Gasteiger partial charge < -0.3 is 24.6 Å². The third kappa shape index (κ3) is 9.57. The summed E-state index contributed by atoms with van der Waals surface area (Å²) in [4.78, 5) is 37.3. The normalized spacial score (nSPS) is 17.8. The number of pyridine rings is 3. The summed E-state index contributed by atoms with van der Waals surface area (Å²) in [6.45, 7) is 3.37. The van der Waals surface area contributed by atoms with Crippen LogP contribution in [0.15, 0.2) is 48.8 Å². The van der Waals surface area contributed by atoms with Crippen molar-refractivity contribution in [3.8, 4) is 11.3 Å². The molecule has 0 bridgehead atoms. The Balaban J connectivity index is 1.31. The fourth-order valence-corrected chi connectivity index (χ4v) is 5.67. The molecule has 2 N–H and O–H groups in total. The van der Waals surface area contributed by atoms with Crippen LogP contribution in [0.4, 0.5) is 25.2 Å². The molecule has 45 heavy (non-hydrogen) atoms. The number of nitrogens with one attached hydrogen (secondary N) is 1. The first kappa shape index (κ1) is 34.0. The van der Waals surface area contributed by atoms with Crippen LogP contribution in [0.5, 0.6) is 0 Å². The lowest BCUT2D eigenvalue weighted by Gasteiger charge is -2.37. The van der Waals surface area contributed by atoms with Crippen molar-refractivity contribution in [2.75, 3.05) is 30.7 Å². The van der Waals surface area contributed by atoms with Crippen molar-refractivity contribution in [3.63, 3.8) is 0 Å². The van der Waals surface area contributed by atoms with Gasteiger partial charge in [0.2, 0.25) is 6.79 Å². The van der Waals surface area contributed by atoms with E-state index in [0.717, 1.165) is 11.3 Å². The number of hydrogen-bond donors (Lipinski definition) is 2. The van der Waals surface area contributed by atoms with Crippen molar-refractivity contribution in [2.24, 2.45) is 11.8 Å². The minimum atomic E-state index is -2.61. The molecule has 1 aliphatic carbocycles. The van der Waals surface area contributed by atoms with Gasteiger partial charge in [0.1, 0.15) is 17.2 Å². The maximum Gasteiger partial charge on any atom is 0.511 e. The highest BCUT2D eigenvalue weighted by Gasteiger charge is 2.39. The van der Waals surface area contributed by atoms with Crippen LogP contribution >= 0.6 is 11.8 Å². The Hall–Kier alpha value is -3.84. The lowest BCUT2D eigenvalue weighted by Crippen LogP contribution is -2.37. The van der Waals surface area contributed by atoms with E-state index in [-0.39, 0.29) is 29.8 Å². The number of carbonyl (C=O) groups excluding carboxylic acids is 2. The smallest absolute Gasteiger partial charge is 0.434 e. The van der Waals surface area contributed by atoms with Crippen molar-refractivity contribution in [1.29, 1.82) is 0 Å². The van der Waals surface area contributed by atoms with Gasteiger partial charge in [-0.2, -0.15) is 11.8 Å². The number of esters is 1. The van der Waals surface area contributed by atoms with E-state index < -0.39 is 30.9 Å². The van der Waals surface area contributed by atoms with E-state index in [1.165, 1.54) is 18.3 Å². The number of alkyl halides is 2. The van der Waals surface area contributed by atoms with Gasteiger partial charge in [0.15, 0.2) is 0 Å². The van der Waals surface area contributed by atoms with Crippen LogP contribution in [0.1, 0.15) is 62.3 Å². The van der Waals surface area contributed by atoms with Gasteiger partial charge in [-0.1, -0.05) is 0 Å². The Kier molecular flexibility index (Phi) is 12.1. The fraction of sp³-hybridized carbons (Fsp3) is 0.469. The summed E-state index contributed by atoms with van der Waals surface area (Å²) in [5.74, 6) is 0.655. The second-order valence-corrected chi connectivity index (χ2v) is 12.1. The van der Waals surface area contributed by atoms with Crippen molar-refractivity contribution in [2.45, 2.75) is 58.0 Å². The standard InChI is InChI=1S/C32H38F2N4O6S/c1-20-15-25(37-28(16-20)38-27-17-22(29(33)34)11-12-35-27)23-7-10-26(36-18-23)32(2,41)24-8-5-21(6-9-24)30(39)43-19-44-31(40)42-13-4-14-45-3/h7,10-12,15-18,21,24,29,41H,4-6,8-9,13-14,19H2,1-3H3,(H,35,37,38)/t21?,24?,32-/m1/s1. The van der Waals surface area contributed by atoms with Crippen LogP contribution in [0.2, 0.25) is 0 Å². The van der Waals surface area contributed by atoms with Crippen molar-refractivity contribution >= 4 is 35.5 Å². The minimum absolute atomic E-state index is 0.128. The number of hydrogen-bond acceptors (Lipinski definition) is 11. The van der Waals surface area contributed by atoms with Crippen LogP contribution in [-0.2, 0) is 24.6 Å². The summed E-state index contributed by atoms with van der Waals surface area (Å²) in [6, 6.07) is 9.80. The van der Waals surface area contributed by atoms with E-state index in [2.05, 4.69) is 20.3 Å². The maximum atomic E-state index is 13.1. The average molecular weight is 645 g/mol. The van der Waals surface area contributed by atoms with Crippen LogP contribution in [0.25, 0.3) is 11.3 Å². The lowest BCUT2D eigenvalue weighted by atomic mass is 9.73. The molecule has 0 unspecified atom stereocenters. The molecular weight excluding hydrogens is 606 g/mol. The van der Waals surface area contributed by atoms with Gasteiger partial charge in [-0.05, 0) is 106 Å². The highest BCUT2D eigenvalue weighted by atomic mass is 32.2. The SMILES string of the molecule is CSCCCOC(=O)OCOC(=O)C1CCC([C@@](C)(O)c2ccc(-c3cc(C)cc(Nc4cc(C(F)F)ccn4)n3)cn2)CC1. The topological polar surface area (TPSA) is 133 Å². The molecule has 3 aromatic heterocycles. The zero-order valence-corrected chi connectivity index (χ0v) is 26.3. The zero-order chi connectivity index (χ0) is 32.4. The first-order chi connectivity index (χ1) is 21.6. The molecule has 1 aliphatic rings. The molecule has 3 aromatic rings. The second kappa shape index (κ2) is 15.9. The largest absolute Gasteiger partial charge is 0.511 e. The summed E-state index contributed by atoms with van der Waals surface area (Å²) in [6.07, 6.45) is 4.38. The predicted molar refractivity (Wildman–Crippen MR) is 166 cm³/mol. The first-order valence-corrected chi connectivity index (χ1v) is 16.1. The summed E-state index contributed by atoms with van der Waals surface area (Å²) < 4.78 is 41.0. The molecule has 1 saturated carbocycles. The molecule has 4 rings (SSSR count). The van der Waals surface area contributed by atoms with E-state index in [1.807, 2.05) is 25.3 Å². The van der Waals surface area contributed by atoms with E-state index in [1.54, 1.807) is 37.0 Å². The number of thioether (sulfide) groups is 1. The number of halogens is 2. The van der Waals surface area contributed by atoms with Gasteiger partial charge in [-0.3, -0.25) is 9.78 Å². The number of aliphatic hydroxyl groups is 1. The number of carbonyl (C=O) groups is 2. The van der Waals surface area contributed by atoms with Crippen LogP contribution < -0.4 is 5.32 Å². The number of ether oxygens (including phenoxy) is 3. The average Bonchev–Trinajstić information content (AvgIpc) is 3.03. The molecule has 0 saturated heterocycles. The molecule has 0 amide bonds. The van der Waals surface area contributed by atoms with E-state index in [4.69, 9.17) is 14.2 Å². The molecule has 0 spiro atoms. The van der Waals surface area contributed by atoms with Gasteiger partial charge in [-0.25, -0.2) is 23.5 Å². The minimum Gasteiger partial charge on any atom is -0.434 e.